The number of amides is 2. The first-order valence-electron chi connectivity index (χ1n) is 9.43. The van der Waals surface area contributed by atoms with Gasteiger partial charge >= 0.3 is 0 Å². The summed E-state index contributed by atoms with van der Waals surface area (Å²) in [5, 5.41) is 9.50. The number of hydrogen-bond acceptors (Lipinski definition) is 4. The zero-order chi connectivity index (χ0) is 21.0. The van der Waals surface area contributed by atoms with Gasteiger partial charge < -0.3 is 4.90 Å². The van der Waals surface area contributed by atoms with Gasteiger partial charge in [-0.1, -0.05) is 42.5 Å². The number of anilines is 1. The SMILES string of the molecule is CC1=C(C#N)C(=O)N(CCc2ccccc2)C(=O)C1=Cc1ccc(N(C)C)cc1. The molecule has 1 aliphatic heterocycles. The molecule has 1 heterocycles. The van der Waals surface area contributed by atoms with Crippen LogP contribution < -0.4 is 4.90 Å². The first kappa shape index (κ1) is 20.1. The van der Waals surface area contributed by atoms with Crippen molar-refractivity contribution >= 4 is 23.6 Å². The van der Waals surface area contributed by atoms with Crippen LogP contribution in [0.5, 0.6) is 0 Å². The van der Waals surface area contributed by atoms with Gasteiger partial charge in [0.2, 0.25) is 0 Å². The van der Waals surface area contributed by atoms with Crippen molar-refractivity contribution in [2.24, 2.45) is 0 Å². The monoisotopic (exact) mass is 385 g/mol. The lowest BCUT2D eigenvalue weighted by Crippen LogP contribution is -2.43. The van der Waals surface area contributed by atoms with E-state index in [2.05, 4.69) is 0 Å². The standard InChI is InChI=1S/C24H23N3O2/c1-17-21(15-19-9-11-20(12-10-19)26(2)3)23(28)27(24(29)22(17)16-25)14-13-18-7-5-4-6-8-18/h4-12,15H,13-14H2,1-3H3. The Labute approximate surface area is 171 Å². The number of imide groups is 1. The highest BCUT2D eigenvalue weighted by atomic mass is 16.2. The molecule has 0 saturated heterocycles. The summed E-state index contributed by atoms with van der Waals surface area (Å²) in [5.74, 6) is -0.884. The number of carbonyl (C=O) groups excluding carboxylic acids is 2. The van der Waals surface area contributed by atoms with E-state index in [0.717, 1.165) is 16.8 Å². The summed E-state index contributed by atoms with van der Waals surface area (Å²) in [4.78, 5) is 29.0. The second-order valence-electron chi connectivity index (χ2n) is 7.15. The Morgan fingerprint density at radius 2 is 1.66 bits per heavy atom. The van der Waals surface area contributed by atoms with Gasteiger partial charge in [0, 0.05) is 31.9 Å². The number of benzene rings is 2. The van der Waals surface area contributed by atoms with E-state index < -0.39 is 5.91 Å². The van der Waals surface area contributed by atoms with Crippen molar-refractivity contribution in [1.82, 2.24) is 4.90 Å². The molecule has 3 rings (SSSR count). The lowest BCUT2D eigenvalue weighted by Gasteiger charge is -2.27. The molecular weight excluding hydrogens is 362 g/mol. The minimum atomic E-state index is -0.522. The summed E-state index contributed by atoms with van der Waals surface area (Å²) in [6, 6.07) is 19.4. The molecule has 0 atom stereocenters. The number of rotatable bonds is 5. The highest BCUT2D eigenvalue weighted by molar-refractivity contribution is 6.19. The maximum absolute atomic E-state index is 13.1. The maximum atomic E-state index is 13.1. The molecule has 1 aliphatic rings. The molecule has 29 heavy (non-hydrogen) atoms. The topological polar surface area (TPSA) is 64.4 Å². The van der Waals surface area contributed by atoms with Crippen LogP contribution in [0.2, 0.25) is 0 Å². The lowest BCUT2D eigenvalue weighted by atomic mass is 9.93. The van der Waals surface area contributed by atoms with Crippen molar-refractivity contribution in [3.63, 3.8) is 0 Å². The number of hydrogen-bond donors (Lipinski definition) is 0. The fourth-order valence-corrected chi connectivity index (χ4v) is 3.25. The van der Waals surface area contributed by atoms with Crippen molar-refractivity contribution in [3.8, 4) is 6.07 Å². The predicted octanol–water partition coefficient (Wildman–Crippen LogP) is 3.59. The summed E-state index contributed by atoms with van der Waals surface area (Å²) in [6.45, 7) is 1.89. The van der Waals surface area contributed by atoms with E-state index in [9.17, 15) is 14.9 Å². The molecule has 0 fully saturated rings. The second-order valence-corrected chi connectivity index (χ2v) is 7.15. The Bertz CT molecular complexity index is 1030. The van der Waals surface area contributed by atoms with E-state index in [1.165, 1.54) is 4.90 Å². The normalized spacial score (nSPS) is 15.7. The molecule has 0 aliphatic carbocycles. The minimum Gasteiger partial charge on any atom is -0.378 e. The lowest BCUT2D eigenvalue weighted by molar-refractivity contribution is -0.140. The summed E-state index contributed by atoms with van der Waals surface area (Å²) < 4.78 is 0. The Balaban J connectivity index is 1.93. The number of carbonyl (C=O) groups is 2. The molecule has 0 spiro atoms. The van der Waals surface area contributed by atoms with Crippen molar-refractivity contribution in [2.75, 3.05) is 25.5 Å². The van der Waals surface area contributed by atoms with Gasteiger partial charge in [0.25, 0.3) is 11.8 Å². The van der Waals surface area contributed by atoms with Gasteiger partial charge in [-0.05, 0) is 48.3 Å². The molecule has 146 valence electrons. The molecule has 0 unspecified atom stereocenters. The van der Waals surface area contributed by atoms with Crippen LogP contribution in [0.3, 0.4) is 0 Å². The molecular formula is C24H23N3O2. The zero-order valence-corrected chi connectivity index (χ0v) is 16.8. The number of nitriles is 1. The van der Waals surface area contributed by atoms with Gasteiger partial charge in [-0.15, -0.1) is 0 Å². The fourth-order valence-electron chi connectivity index (χ4n) is 3.25. The summed E-state index contributed by atoms with van der Waals surface area (Å²) in [7, 11) is 3.92. The van der Waals surface area contributed by atoms with E-state index in [0.29, 0.717) is 17.6 Å². The third-order valence-corrected chi connectivity index (χ3v) is 5.01. The van der Waals surface area contributed by atoms with E-state index in [4.69, 9.17) is 0 Å². The smallest absolute Gasteiger partial charge is 0.271 e. The first-order valence-corrected chi connectivity index (χ1v) is 9.43. The van der Waals surface area contributed by atoms with E-state index in [-0.39, 0.29) is 18.0 Å². The van der Waals surface area contributed by atoms with E-state index in [1.54, 1.807) is 13.0 Å². The molecule has 0 saturated carbocycles. The molecule has 0 radical (unpaired) electrons. The highest BCUT2D eigenvalue weighted by Gasteiger charge is 2.35. The van der Waals surface area contributed by atoms with Gasteiger partial charge in [0.05, 0.1) is 0 Å². The molecule has 0 aromatic heterocycles. The van der Waals surface area contributed by atoms with Crippen LogP contribution in [0.15, 0.2) is 71.3 Å². The third kappa shape index (κ3) is 4.27. The largest absolute Gasteiger partial charge is 0.378 e. The van der Waals surface area contributed by atoms with Crippen LogP contribution in [0.25, 0.3) is 6.08 Å². The van der Waals surface area contributed by atoms with Crippen LogP contribution in [-0.4, -0.2) is 37.4 Å². The van der Waals surface area contributed by atoms with Crippen molar-refractivity contribution in [2.45, 2.75) is 13.3 Å². The van der Waals surface area contributed by atoms with Crippen LogP contribution >= 0.6 is 0 Å². The summed E-state index contributed by atoms with van der Waals surface area (Å²) >= 11 is 0. The van der Waals surface area contributed by atoms with Crippen molar-refractivity contribution in [1.29, 1.82) is 5.26 Å². The average Bonchev–Trinajstić information content (AvgIpc) is 2.72. The molecule has 5 heteroatoms. The van der Waals surface area contributed by atoms with Crippen LogP contribution in [0.4, 0.5) is 5.69 Å². The van der Waals surface area contributed by atoms with Gasteiger partial charge in [0.15, 0.2) is 0 Å². The third-order valence-electron chi connectivity index (χ3n) is 5.01. The van der Waals surface area contributed by atoms with Gasteiger partial charge in [-0.25, -0.2) is 0 Å². The van der Waals surface area contributed by atoms with Crippen molar-refractivity contribution < 1.29 is 9.59 Å². The van der Waals surface area contributed by atoms with E-state index >= 15 is 0 Å². The Kier molecular flexibility index (Phi) is 5.94. The molecule has 5 nitrogen and oxygen atoms in total. The van der Waals surface area contributed by atoms with Gasteiger partial charge in [-0.3, -0.25) is 14.5 Å². The van der Waals surface area contributed by atoms with Crippen LogP contribution in [0, 0.1) is 11.3 Å². The summed E-state index contributed by atoms with van der Waals surface area (Å²) in [5.41, 5.74) is 3.75. The van der Waals surface area contributed by atoms with Gasteiger partial charge in [-0.2, -0.15) is 5.26 Å². The molecule has 0 N–H and O–H groups in total. The molecule has 2 aromatic rings. The maximum Gasteiger partial charge on any atom is 0.271 e. The minimum absolute atomic E-state index is 0.0221. The Morgan fingerprint density at radius 3 is 2.24 bits per heavy atom. The van der Waals surface area contributed by atoms with Crippen LogP contribution in [-0.2, 0) is 16.0 Å². The predicted molar refractivity (Wildman–Crippen MR) is 114 cm³/mol. The second kappa shape index (κ2) is 8.57. The average molecular weight is 385 g/mol. The van der Waals surface area contributed by atoms with Crippen molar-refractivity contribution in [3.05, 3.63) is 82.4 Å². The quantitative estimate of drug-likeness (QED) is 0.583. The summed E-state index contributed by atoms with van der Waals surface area (Å²) in [6.07, 6.45) is 2.29. The van der Waals surface area contributed by atoms with Gasteiger partial charge in [0.1, 0.15) is 11.6 Å². The molecule has 2 amide bonds. The zero-order valence-electron chi connectivity index (χ0n) is 16.8. The van der Waals surface area contributed by atoms with Crippen LogP contribution in [0.1, 0.15) is 18.1 Å². The molecule has 2 aromatic carbocycles. The highest BCUT2D eigenvalue weighted by Crippen LogP contribution is 2.27. The first-order chi connectivity index (χ1) is 13.9. The Hall–Kier alpha value is -3.65. The number of nitrogens with zero attached hydrogens (tertiary/aromatic N) is 3. The van der Waals surface area contributed by atoms with E-state index in [1.807, 2.05) is 79.7 Å². The fraction of sp³-hybridized carbons (Fsp3) is 0.208. The Morgan fingerprint density at radius 1 is 1.00 bits per heavy atom. The molecule has 0 bridgehead atoms.